The van der Waals surface area contributed by atoms with E-state index in [2.05, 4.69) is 10.6 Å². The van der Waals surface area contributed by atoms with Gasteiger partial charge >= 0.3 is 0 Å². The van der Waals surface area contributed by atoms with Crippen LogP contribution in [0.4, 0.5) is 0 Å². The highest BCUT2D eigenvalue weighted by atomic mass is 32.1. The number of hydrogen-bond donors (Lipinski definition) is 2. The Hall–Kier alpha value is -0.840. The summed E-state index contributed by atoms with van der Waals surface area (Å²) in [7, 11) is 0. The van der Waals surface area contributed by atoms with Crippen molar-refractivity contribution in [2.24, 2.45) is 0 Å². The normalized spacial score (nSPS) is 16.8. The van der Waals surface area contributed by atoms with E-state index in [9.17, 15) is 9.90 Å². The van der Waals surface area contributed by atoms with Gasteiger partial charge in [0.2, 0.25) is 0 Å². The van der Waals surface area contributed by atoms with Crippen LogP contribution in [0.1, 0.15) is 44.9 Å². The molecule has 92 valence electrons. The van der Waals surface area contributed by atoms with Gasteiger partial charge < -0.3 is 20.5 Å². The average molecular weight is 243 g/mol. The fraction of sp³-hybridized carbons (Fsp3) is 0.818. The van der Waals surface area contributed by atoms with Crippen LogP contribution in [0.5, 0.6) is 0 Å². The van der Waals surface area contributed by atoms with E-state index >= 15 is 0 Å². The Labute approximate surface area is 102 Å². The largest absolute Gasteiger partial charge is 0.550 e. The van der Waals surface area contributed by atoms with E-state index in [1.807, 2.05) is 0 Å². The Morgan fingerprint density at radius 2 is 2.00 bits per heavy atom. The van der Waals surface area contributed by atoms with E-state index in [0.29, 0.717) is 24.1 Å². The third-order valence-corrected chi connectivity index (χ3v) is 3.05. The summed E-state index contributed by atoms with van der Waals surface area (Å²) in [6.07, 6.45) is 6.86. The lowest BCUT2D eigenvalue weighted by molar-refractivity contribution is -0.305. The second-order valence-corrected chi connectivity index (χ2v) is 4.62. The first kappa shape index (κ1) is 13.2. The predicted octanol–water partition coefficient (Wildman–Crippen LogP) is 0.313. The summed E-state index contributed by atoms with van der Waals surface area (Å²) in [6, 6.07) is 0.495. The van der Waals surface area contributed by atoms with Crippen molar-refractivity contribution in [2.75, 3.05) is 6.54 Å². The van der Waals surface area contributed by atoms with E-state index in [1.54, 1.807) is 0 Å². The highest BCUT2D eigenvalue weighted by Gasteiger charge is 2.13. The summed E-state index contributed by atoms with van der Waals surface area (Å²) in [5, 5.41) is 17.1. The molecule has 0 heterocycles. The molecule has 0 aromatic carbocycles. The third kappa shape index (κ3) is 5.90. The zero-order valence-corrected chi connectivity index (χ0v) is 10.3. The number of nitrogens with one attached hydrogen (secondary N) is 2. The molecule has 0 spiro atoms. The van der Waals surface area contributed by atoms with Crippen molar-refractivity contribution in [3.63, 3.8) is 0 Å². The summed E-state index contributed by atoms with van der Waals surface area (Å²) in [5.74, 6) is -1.01. The molecule has 0 amide bonds. The third-order valence-electron chi connectivity index (χ3n) is 2.78. The Morgan fingerprint density at radius 3 is 2.62 bits per heavy atom. The van der Waals surface area contributed by atoms with Gasteiger partial charge in [-0.25, -0.2) is 0 Å². The van der Waals surface area contributed by atoms with E-state index in [4.69, 9.17) is 12.2 Å². The molecule has 1 rings (SSSR count). The maximum Gasteiger partial charge on any atom is 0.166 e. The number of hydrogen-bond acceptors (Lipinski definition) is 3. The van der Waals surface area contributed by atoms with Gasteiger partial charge in [-0.2, -0.15) is 0 Å². The lowest BCUT2D eigenvalue weighted by atomic mass is 9.96. The first-order chi connectivity index (χ1) is 7.68. The van der Waals surface area contributed by atoms with Gasteiger partial charge in [0.15, 0.2) is 5.11 Å². The molecule has 0 atom stereocenters. The summed E-state index contributed by atoms with van der Waals surface area (Å²) < 4.78 is 0. The topological polar surface area (TPSA) is 64.2 Å². The van der Waals surface area contributed by atoms with Crippen LogP contribution in [-0.4, -0.2) is 23.7 Å². The van der Waals surface area contributed by atoms with Crippen molar-refractivity contribution < 1.29 is 9.90 Å². The molecule has 0 aromatic rings. The average Bonchev–Trinajstić information content (AvgIpc) is 2.25. The zero-order valence-electron chi connectivity index (χ0n) is 9.46. The highest BCUT2D eigenvalue weighted by Crippen LogP contribution is 2.17. The molecule has 16 heavy (non-hydrogen) atoms. The van der Waals surface area contributed by atoms with E-state index in [-0.39, 0.29) is 6.42 Å². The highest BCUT2D eigenvalue weighted by molar-refractivity contribution is 7.80. The van der Waals surface area contributed by atoms with Crippen LogP contribution < -0.4 is 15.7 Å². The van der Waals surface area contributed by atoms with Crippen molar-refractivity contribution in [3.8, 4) is 0 Å². The number of rotatable bonds is 5. The molecular formula is C11H19N2O2S-. The summed E-state index contributed by atoms with van der Waals surface area (Å²) >= 11 is 5.13. The SMILES string of the molecule is O=C([O-])CCCNC(=S)NC1CCCCC1. The number of carbonyl (C=O) groups is 1. The molecule has 1 aliphatic carbocycles. The molecule has 1 fully saturated rings. The standard InChI is InChI=1S/C11H20N2O2S/c14-10(15)7-4-8-12-11(16)13-9-5-2-1-3-6-9/h9H,1-8H2,(H,14,15)(H2,12,13,16)/p-1. The first-order valence-electron chi connectivity index (χ1n) is 5.92. The molecule has 4 nitrogen and oxygen atoms in total. The molecule has 5 heteroatoms. The van der Waals surface area contributed by atoms with E-state index in [0.717, 1.165) is 0 Å². The fourth-order valence-corrected chi connectivity index (χ4v) is 2.19. The Balaban J connectivity index is 2.03. The van der Waals surface area contributed by atoms with Crippen molar-refractivity contribution in [1.29, 1.82) is 0 Å². The van der Waals surface area contributed by atoms with Crippen LogP contribution in [-0.2, 0) is 4.79 Å². The molecule has 0 aromatic heterocycles. The summed E-state index contributed by atoms with van der Waals surface area (Å²) in [5.41, 5.74) is 0. The monoisotopic (exact) mass is 243 g/mol. The lowest BCUT2D eigenvalue weighted by Gasteiger charge is -2.24. The molecule has 1 saturated carbocycles. The van der Waals surface area contributed by atoms with Gasteiger partial charge in [-0.1, -0.05) is 19.3 Å². The maximum atomic E-state index is 10.2. The minimum atomic E-state index is -1.01. The maximum absolute atomic E-state index is 10.2. The van der Waals surface area contributed by atoms with Gasteiger partial charge in [-0.15, -0.1) is 0 Å². The minimum Gasteiger partial charge on any atom is -0.550 e. The van der Waals surface area contributed by atoms with Crippen molar-refractivity contribution in [1.82, 2.24) is 10.6 Å². The number of carboxylic acid groups (broad SMARTS) is 1. The van der Waals surface area contributed by atoms with Crippen LogP contribution >= 0.6 is 12.2 Å². The molecule has 0 aliphatic heterocycles. The van der Waals surface area contributed by atoms with Gasteiger partial charge in [-0.3, -0.25) is 0 Å². The fourth-order valence-electron chi connectivity index (χ4n) is 1.92. The molecule has 1 aliphatic rings. The lowest BCUT2D eigenvalue weighted by Crippen LogP contribution is -2.43. The Kier molecular flexibility index (Phi) is 6.15. The number of thiocarbonyl (C=S) groups is 1. The quantitative estimate of drug-likeness (QED) is 0.537. The molecule has 2 N–H and O–H groups in total. The second kappa shape index (κ2) is 7.44. The Bertz CT molecular complexity index is 240. The molecule has 0 bridgehead atoms. The van der Waals surface area contributed by atoms with Crippen LogP contribution in [0.15, 0.2) is 0 Å². The summed E-state index contributed by atoms with van der Waals surface area (Å²) in [4.78, 5) is 10.2. The van der Waals surface area contributed by atoms with Crippen LogP contribution in [0.2, 0.25) is 0 Å². The smallest absolute Gasteiger partial charge is 0.166 e. The van der Waals surface area contributed by atoms with Gasteiger partial charge in [-0.05, 0) is 37.9 Å². The summed E-state index contributed by atoms with van der Waals surface area (Å²) in [6.45, 7) is 0.590. The second-order valence-electron chi connectivity index (χ2n) is 4.21. The van der Waals surface area contributed by atoms with Gasteiger partial charge in [0.25, 0.3) is 0 Å². The van der Waals surface area contributed by atoms with Gasteiger partial charge in [0.05, 0.1) is 0 Å². The van der Waals surface area contributed by atoms with Gasteiger partial charge in [0, 0.05) is 18.6 Å². The van der Waals surface area contributed by atoms with Crippen molar-refractivity contribution >= 4 is 23.3 Å². The predicted molar refractivity (Wildman–Crippen MR) is 64.9 cm³/mol. The van der Waals surface area contributed by atoms with Crippen LogP contribution in [0.25, 0.3) is 0 Å². The van der Waals surface area contributed by atoms with Gasteiger partial charge in [0.1, 0.15) is 0 Å². The van der Waals surface area contributed by atoms with Crippen molar-refractivity contribution in [3.05, 3.63) is 0 Å². The number of carbonyl (C=O) groups excluding carboxylic acids is 1. The van der Waals surface area contributed by atoms with Crippen LogP contribution in [0.3, 0.4) is 0 Å². The number of aliphatic carboxylic acids is 1. The molecule has 0 unspecified atom stereocenters. The molecule has 0 radical (unpaired) electrons. The minimum absolute atomic E-state index is 0.0824. The molecule has 0 saturated heterocycles. The van der Waals surface area contributed by atoms with E-state index < -0.39 is 5.97 Å². The van der Waals surface area contributed by atoms with Crippen LogP contribution in [0, 0.1) is 0 Å². The number of carboxylic acids is 1. The Morgan fingerprint density at radius 1 is 1.31 bits per heavy atom. The molecular weight excluding hydrogens is 224 g/mol. The first-order valence-corrected chi connectivity index (χ1v) is 6.33. The van der Waals surface area contributed by atoms with Crippen molar-refractivity contribution in [2.45, 2.75) is 51.0 Å². The zero-order chi connectivity index (χ0) is 11.8. The van der Waals surface area contributed by atoms with E-state index in [1.165, 1.54) is 32.1 Å².